The highest BCUT2D eigenvalue weighted by Crippen LogP contribution is 2.27. The maximum absolute atomic E-state index is 11.3. The number of carbonyl (C=O) groups excluding carboxylic acids is 1. The van der Waals surface area contributed by atoms with Crippen molar-refractivity contribution < 1.29 is 13.2 Å². The molecule has 0 fully saturated rings. The first kappa shape index (κ1) is 10.9. The van der Waals surface area contributed by atoms with E-state index in [2.05, 4.69) is 0 Å². The monoisotopic (exact) mass is 216 g/mol. The lowest BCUT2D eigenvalue weighted by atomic mass is 9.95. The van der Waals surface area contributed by atoms with Gasteiger partial charge in [0.2, 0.25) is 10.0 Å². The molecule has 0 heterocycles. The molecule has 0 spiro atoms. The zero-order valence-corrected chi connectivity index (χ0v) is 8.54. The molecule has 1 atom stereocenters. The van der Waals surface area contributed by atoms with Crippen LogP contribution in [0.1, 0.15) is 13.3 Å². The fraction of sp³-hybridized carbons (Fsp3) is 0.375. The quantitative estimate of drug-likeness (QED) is 0.643. The van der Waals surface area contributed by atoms with Crippen LogP contribution in [-0.2, 0) is 14.8 Å². The molecular formula is C8H12N2O3S. The van der Waals surface area contributed by atoms with Gasteiger partial charge in [0.1, 0.15) is 0 Å². The largest absolute Gasteiger partial charge is 0.399 e. The number of allylic oxidation sites excluding steroid dienone is 2. The minimum Gasteiger partial charge on any atom is -0.399 e. The first-order chi connectivity index (χ1) is 6.29. The van der Waals surface area contributed by atoms with Crippen LogP contribution in [0.3, 0.4) is 0 Å². The smallest absolute Gasteiger partial charge is 0.225 e. The van der Waals surface area contributed by atoms with Gasteiger partial charge in [0.15, 0.2) is 10.5 Å². The van der Waals surface area contributed by atoms with Crippen molar-refractivity contribution >= 4 is 15.8 Å². The average Bonchev–Trinajstić information content (AvgIpc) is 2.02. The molecule has 1 aliphatic carbocycles. The molecule has 78 valence electrons. The highest BCUT2D eigenvalue weighted by Gasteiger charge is 2.44. The van der Waals surface area contributed by atoms with Crippen molar-refractivity contribution in [3.63, 3.8) is 0 Å². The van der Waals surface area contributed by atoms with Gasteiger partial charge >= 0.3 is 0 Å². The minimum atomic E-state index is -3.95. The summed E-state index contributed by atoms with van der Waals surface area (Å²) in [7, 11) is -3.95. The Balaban J connectivity index is 3.26. The fourth-order valence-corrected chi connectivity index (χ4v) is 2.28. The van der Waals surface area contributed by atoms with E-state index < -0.39 is 20.6 Å². The van der Waals surface area contributed by atoms with Crippen LogP contribution in [0, 0.1) is 0 Å². The molecule has 5 nitrogen and oxygen atoms in total. The van der Waals surface area contributed by atoms with E-state index in [-0.39, 0.29) is 6.42 Å². The van der Waals surface area contributed by atoms with Crippen LogP contribution in [0.2, 0.25) is 0 Å². The number of carbonyl (C=O) groups is 1. The third-order valence-corrected chi connectivity index (χ3v) is 3.90. The Hall–Kier alpha value is -1.14. The topological polar surface area (TPSA) is 103 Å². The molecule has 0 saturated heterocycles. The zero-order chi connectivity index (χ0) is 11.0. The molecule has 0 aromatic carbocycles. The third kappa shape index (κ3) is 1.58. The van der Waals surface area contributed by atoms with Gasteiger partial charge in [0, 0.05) is 5.70 Å². The molecule has 6 heteroatoms. The third-order valence-electron chi connectivity index (χ3n) is 2.29. The number of nitrogens with two attached hydrogens (primary N) is 2. The van der Waals surface area contributed by atoms with Crippen molar-refractivity contribution in [2.75, 3.05) is 0 Å². The van der Waals surface area contributed by atoms with Crippen molar-refractivity contribution in [3.8, 4) is 0 Å². The Morgan fingerprint density at radius 2 is 2.14 bits per heavy atom. The summed E-state index contributed by atoms with van der Waals surface area (Å²) in [4.78, 5) is 11.3. The van der Waals surface area contributed by atoms with E-state index in [1.807, 2.05) is 0 Å². The summed E-state index contributed by atoms with van der Waals surface area (Å²) in [5.41, 5.74) is 5.86. The van der Waals surface area contributed by atoms with E-state index in [1.54, 1.807) is 0 Å². The summed E-state index contributed by atoms with van der Waals surface area (Å²) >= 11 is 0. The van der Waals surface area contributed by atoms with Crippen molar-refractivity contribution in [3.05, 3.63) is 23.9 Å². The van der Waals surface area contributed by atoms with E-state index >= 15 is 0 Å². The first-order valence-electron chi connectivity index (χ1n) is 3.98. The second kappa shape index (κ2) is 3.21. The molecule has 1 rings (SSSR count). The molecule has 1 aliphatic rings. The van der Waals surface area contributed by atoms with Crippen molar-refractivity contribution in [2.45, 2.75) is 18.1 Å². The van der Waals surface area contributed by atoms with Crippen LogP contribution < -0.4 is 10.9 Å². The molecule has 0 radical (unpaired) electrons. The molecule has 14 heavy (non-hydrogen) atoms. The van der Waals surface area contributed by atoms with Gasteiger partial charge in [-0.2, -0.15) is 0 Å². The van der Waals surface area contributed by atoms with Crippen LogP contribution in [0.25, 0.3) is 0 Å². The minimum absolute atomic E-state index is 0.00347. The predicted molar refractivity (Wildman–Crippen MR) is 52.5 cm³/mol. The lowest BCUT2D eigenvalue weighted by molar-refractivity contribution is -0.118. The molecule has 0 saturated carbocycles. The van der Waals surface area contributed by atoms with Gasteiger partial charge in [-0.3, -0.25) is 4.79 Å². The van der Waals surface area contributed by atoms with Gasteiger partial charge in [-0.25, -0.2) is 13.6 Å². The Labute approximate surface area is 82.5 Å². The van der Waals surface area contributed by atoms with E-state index in [1.165, 1.54) is 25.2 Å². The van der Waals surface area contributed by atoms with E-state index in [0.29, 0.717) is 5.70 Å². The van der Waals surface area contributed by atoms with Gasteiger partial charge in [0.05, 0.1) is 0 Å². The van der Waals surface area contributed by atoms with E-state index in [9.17, 15) is 13.2 Å². The number of Topliss-reactive ketones (excluding diaryl/α,β-unsaturated/α-hetero) is 1. The average molecular weight is 216 g/mol. The number of hydrogen-bond donors (Lipinski definition) is 2. The maximum Gasteiger partial charge on any atom is 0.225 e. The lowest BCUT2D eigenvalue weighted by Crippen LogP contribution is -2.48. The van der Waals surface area contributed by atoms with Crippen molar-refractivity contribution in [1.29, 1.82) is 0 Å². The molecule has 1 unspecified atom stereocenters. The summed E-state index contributed by atoms with van der Waals surface area (Å²) in [6.07, 6.45) is 4.12. The molecule has 0 amide bonds. The van der Waals surface area contributed by atoms with Crippen LogP contribution in [0.4, 0.5) is 0 Å². The van der Waals surface area contributed by atoms with Crippen LogP contribution >= 0.6 is 0 Å². The van der Waals surface area contributed by atoms with Crippen molar-refractivity contribution in [1.82, 2.24) is 0 Å². The normalized spacial score (nSPS) is 27.1. The standard InChI is InChI=1S/C8H12N2O3S/c1-6(11)8(14(10,12)13)4-2-7(9)3-5-8/h2-4H,5,9H2,1H3,(H2,10,12,13). The molecular weight excluding hydrogens is 204 g/mol. The molecule has 0 aromatic heterocycles. The van der Waals surface area contributed by atoms with Crippen LogP contribution in [0.15, 0.2) is 23.9 Å². The summed E-state index contributed by atoms with van der Waals surface area (Å²) in [5.74, 6) is -0.500. The number of sulfonamides is 1. The summed E-state index contributed by atoms with van der Waals surface area (Å²) in [6.45, 7) is 1.20. The summed E-state index contributed by atoms with van der Waals surface area (Å²) < 4.78 is 21.0. The molecule has 0 aromatic rings. The van der Waals surface area contributed by atoms with Crippen LogP contribution in [0.5, 0.6) is 0 Å². The maximum atomic E-state index is 11.3. The lowest BCUT2D eigenvalue weighted by Gasteiger charge is -2.26. The van der Waals surface area contributed by atoms with Crippen LogP contribution in [-0.4, -0.2) is 18.9 Å². The van der Waals surface area contributed by atoms with Gasteiger partial charge < -0.3 is 5.73 Å². The second-order valence-electron chi connectivity index (χ2n) is 3.23. The Morgan fingerprint density at radius 3 is 2.43 bits per heavy atom. The van der Waals surface area contributed by atoms with Gasteiger partial charge in [-0.15, -0.1) is 0 Å². The highest BCUT2D eigenvalue weighted by molar-refractivity contribution is 7.91. The summed E-state index contributed by atoms with van der Waals surface area (Å²) in [6, 6.07) is 0. The first-order valence-corrected chi connectivity index (χ1v) is 5.52. The number of ketones is 1. The van der Waals surface area contributed by atoms with Gasteiger partial charge in [-0.05, 0) is 19.4 Å². The number of primary sulfonamides is 1. The SMILES string of the molecule is CC(=O)C1(S(N)(=O)=O)C=CC(N)=CC1. The summed E-state index contributed by atoms with van der Waals surface area (Å²) in [5, 5.41) is 5.02. The van der Waals surface area contributed by atoms with Gasteiger partial charge in [-0.1, -0.05) is 12.2 Å². The molecule has 4 N–H and O–H groups in total. The highest BCUT2D eigenvalue weighted by atomic mass is 32.2. The van der Waals surface area contributed by atoms with E-state index in [0.717, 1.165) is 0 Å². The van der Waals surface area contributed by atoms with E-state index in [4.69, 9.17) is 10.9 Å². The second-order valence-corrected chi connectivity index (χ2v) is 5.05. The molecule has 0 bridgehead atoms. The predicted octanol–water partition coefficient (Wildman–Crippen LogP) is -0.595. The van der Waals surface area contributed by atoms with Gasteiger partial charge in [0.25, 0.3) is 0 Å². The number of hydrogen-bond acceptors (Lipinski definition) is 4. The van der Waals surface area contributed by atoms with Crippen molar-refractivity contribution in [2.24, 2.45) is 10.9 Å². The Morgan fingerprint density at radius 1 is 1.57 bits per heavy atom. The fourth-order valence-electron chi connectivity index (χ4n) is 1.31. The zero-order valence-electron chi connectivity index (χ0n) is 7.73. The number of rotatable bonds is 2. The Bertz CT molecular complexity index is 422. The Kier molecular flexibility index (Phi) is 2.51. The molecule has 0 aliphatic heterocycles.